The molecule has 6 nitrogen and oxygen atoms in total. The summed E-state index contributed by atoms with van der Waals surface area (Å²) in [5.74, 6) is 0.697. The Labute approximate surface area is 111 Å². The highest BCUT2D eigenvalue weighted by Gasteiger charge is 2.32. The van der Waals surface area contributed by atoms with Gasteiger partial charge in [0.15, 0.2) is 10.7 Å². The van der Waals surface area contributed by atoms with E-state index in [1.807, 2.05) is 0 Å². The Kier molecular flexibility index (Phi) is 3.52. The summed E-state index contributed by atoms with van der Waals surface area (Å²) in [4.78, 5) is 0.102. The average molecular weight is 290 g/mol. The first-order chi connectivity index (χ1) is 8.34. The van der Waals surface area contributed by atoms with Gasteiger partial charge in [0, 0.05) is 20.1 Å². The van der Waals surface area contributed by atoms with Crippen LogP contribution in [0.1, 0.15) is 19.8 Å². The summed E-state index contributed by atoms with van der Waals surface area (Å²) in [7, 11) is -0.579. The zero-order valence-corrected chi connectivity index (χ0v) is 12.3. The zero-order chi connectivity index (χ0) is 13.5. The van der Waals surface area contributed by atoms with Crippen molar-refractivity contribution in [2.45, 2.75) is 30.7 Å². The standard InChI is InChI=1S/C10H18N4O2S2/c1-6(7-4-5-7)12-10-8(9(11)13-17-10)18(15,16)14(2)3/h6-7,12H,4-5H2,1-3H3,(H2,11,13). The Morgan fingerprint density at radius 2 is 2.11 bits per heavy atom. The van der Waals surface area contributed by atoms with Crippen LogP contribution in [0.3, 0.4) is 0 Å². The van der Waals surface area contributed by atoms with Crippen LogP contribution in [0, 0.1) is 5.92 Å². The van der Waals surface area contributed by atoms with E-state index in [0.717, 1.165) is 15.8 Å². The highest BCUT2D eigenvalue weighted by atomic mass is 32.2. The molecule has 0 amide bonds. The molecule has 18 heavy (non-hydrogen) atoms. The van der Waals surface area contributed by atoms with Crippen molar-refractivity contribution >= 4 is 32.4 Å². The molecule has 1 aliphatic carbocycles. The molecule has 1 heterocycles. The van der Waals surface area contributed by atoms with Crippen molar-refractivity contribution in [3.8, 4) is 0 Å². The number of nitrogens with zero attached hydrogens (tertiary/aromatic N) is 2. The molecule has 102 valence electrons. The maximum absolute atomic E-state index is 12.2. The first kappa shape index (κ1) is 13.6. The molecule has 0 radical (unpaired) electrons. The minimum Gasteiger partial charge on any atom is -0.382 e. The van der Waals surface area contributed by atoms with Crippen LogP contribution < -0.4 is 11.1 Å². The van der Waals surface area contributed by atoms with Gasteiger partial charge in [-0.15, -0.1) is 0 Å². The van der Waals surface area contributed by atoms with Crippen LogP contribution in [0.5, 0.6) is 0 Å². The van der Waals surface area contributed by atoms with Crippen LogP contribution >= 0.6 is 11.5 Å². The first-order valence-electron chi connectivity index (χ1n) is 5.78. The van der Waals surface area contributed by atoms with Crippen molar-refractivity contribution < 1.29 is 8.42 Å². The summed E-state index contributed by atoms with van der Waals surface area (Å²) in [5, 5.41) is 3.77. The lowest BCUT2D eigenvalue weighted by Gasteiger charge is -2.16. The van der Waals surface area contributed by atoms with E-state index in [1.54, 1.807) is 0 Å². The molecule has 2 rings (SSSR count). The lowest BCUT2D eigenvalue weighted by atomic mass is 10.2. The van der Waals surface area contributed by atoms with Gasteiger partial charge in [-0.3, -0.25) is 0 Å². The average Bonchev–Trinajstić information content (AvgIpc) is 3.04. The molecule has 1 unspecified atom stereocenters. The van der Waals surface area contributed by atoms with Crippen molar-refractivity contribution in [1.29, 1.82) is 0 Å². The van der Waals surface area contributed by atoms with E-state index in [2.05, 4.69) is 16.6 Å². The van der Waals surface area contributed by atoms with Gasteiger partial charge in [0.05, 0.1) is 0 Å². The number of aromatic nitrogens is 1. The maximum atomic E-state index is 12.2. The lowest BCUT2D eigenvalue weighted by Crippen LogP contribution is -2.25. The van der Waals surface area contributed by atoms with Crippen LogP contribution in [-0.4, -0.2) is 37.2 Å². The number of sulfonamides is 1. The van der Waals surface area contributed by atoms with E-state index in [1.165, 1.54) is 26.9 Å². The quantitative estimate of drug-likeness (QED) is 0.850. The van der Waals surface area contributed by atoms with Crippen LogP contribution in [0.4, 0.5) is 10.8 Å². The largest absolute Gasteiger partial charge is 0.382 e. The molecule has 0 saturated heterocycles. The lowest BCUT2D eigenvalue weighted by molar-refractivity contribution is 0.521. The number of hydrogen-bond acceptors (Lipinski definition) is 6. The van der Waals surface area contributed by atoms with Gasteiger partial charge in [0.25, 0.3) is 0 Å². The molecule has 1 fully saturated rings. The first-order valence-corrected chi connectivity index (χ1v) is 7.99. The predicted octanol–water partition coefficient (Wildman–Crippen LogP) is 1.19. The fourth-order valence-corrected chi connectivity index (χ4v) is 3.90. The summed E-state index contributed by atoms with van der Waals surface area (Å²) in [6, 6.07) is 0.251. The van der Waals surface area contributed by atoms with Gasteiger partial charge in [0.2, 0.25) is 10.0 Å². The van der Waals surface area contributed by atoms with E-state index < -0.39 is 10.0 Å². The fourth-order valence-electron chi connectivity index (χ4n) is 1.74. The van der Waals surface area contributed by atoms with Crippen molar-refractivity contribution in [3.63, 3.8) is 0 Å². The molecule has 0 aromatic carbocycles. The number of rotatable bonds is 5. The normalized spacial score (nSPS) is 18.0. The summed E-state index contributed by atoms with van der Waals surface area (Å²) < 4.78 is 29.5. The molecule has 8 heteroatoms. The third kappa shape index (κ3) is 2.45. The molecule has 0 bridgehead atoms. The van der Waals surface area contributed by atoms with E-state index in [-0.39, 0.29) is 16.8 Å². The Morgan fingerprint density at radius 1 is 1.50 bits per heavy atom. The van der Waals surface area contributed by atoms with Crippen molar-refractivity contribution in [3.05, 3.63) is 0 Å². The SMILES string of the molecule is CC(Nc1snc(N)c1S(=O)(=O)N(C)C)C1CC1. The molecular weight excluding hydrogens is 272 g/mol. The minimum absolute atomic E-state index is 0.0687. The molecule has 0 spiro atoms. The summed E-state index contributed by atoms with van der Waals surface area (Å²) >= 11 is 1.10. The topological polar surface area (TPSA) is 88.3 Å². The van der Waals surface area contributed by atoms with Gasteiger partial charge in [-0.1, -0.05) is 0 Å². The molecule has 1 aromatic heterocycles. The van der Waals surface area contributed by atoms with Gasteiger partial charge in [-0.2, -0.15) is 4.37 Å². The Morgan fingerprint density at radius 3 is 2.61 bits per heavy atom. The fraction of sp³-hybridized carbons (Fsp3) is 0.700. The summed E-state index contributed by atoms with van der Waals surface area (Å²) in [6.07, 6.45) is 2.39. The van der Waals surface area contributed by atoms with Crippen LogP contribution in [0.25, 0.3) is 0 Å². The van der Waals surface area contributed by atoms with Crippen molar-refractivity contribution in [1.82, 2.24) is 8.68 Å². The van der Waals surface area contributed by atoms with Crippen LogP contribution in [0.15, 0.2) is 4.90 Å². The smallest absolute Gasteiger partial charge is 0.249 e. The monoisotopic (exact) mass is 290 g/mol. The van der Waals surface area contributed by atoms with Gasteiger partial charge in [-0.25, -0.2) is 12.7 Å². The number of nitrogen functional groups attached to an aromatic ring is 1. The molecule has 1 saturated carbocycles. The number of hydrogen-bond donors (Lipinski definition) is 2. The Bertz CT molecular complexity index is 534. The number of anilines is 2. The molecular formula is C10H18N4O2S2. The second-order valence-electron chi connectivity index (χ2n) is 4.78. The van der Waals surface area contributed by atoms with E-state index in [9.17, 15) is 8.42 Å². The van der Waals surface area contributed by atoms with Crippen LogP contribution in [-0.2, 0) is 10.0 Å². The number of nitrogens with one attached hydrogen (secondary N) is 1. The van der Waals surface area contributed by atoms with Crippen molar-refractivity contribution in [2.24, 2.45) is 5.92 Å². The van der Waals surface area contributed by atoms with Crippen LogP contribution in [0.2, 0.25) is 0 Å². The van der Waals surface area contributed by atoms with Crippen molar-refractivity contribution in [2.75, 3.05) is 25.1 Å². The molecule has 1 atom stereocenters. The van der Waals surface area contributed by atoms with E-state index in [0.29, 0.717) is 10.9 Å². The summed E-state index contributed by atoms with van der Waals surface area (Å²) in [5.41, 5.74) is 5.69. The molecule has 1 aliphatic rings. The number of nitrogens with two attached hydrogens (primary N) is 1. The maximum Gasteiger partial charge on any atom is 0.249 e. The third-order valence-corrected chi connectivity index (χ3v) is 5.91. The second kappa shape index (κ2) is 4.67. The van der Waals surface area contributed by atoms with Gasteiger partial charge >= 0.3 is 0 Å². The Balaban J connectivity index is 2.32. The second-order valence-corrected chi connectivity index (χ2v) is 7.65. The molecule has 3 N–H and O–H groups in total. The molecule has 1 aromatic rings. The molecule has 0 aliphatic heterocycles. The summed E-state index contributed by atoms with van der Waals surface area (Å²) in [6.45, 7) is 2.06. The zero-order valence-electron chi connectivity index (χ0n) is 10.7. The minimum atomic E-state index is -3.55. The van der Waals surface area contributed by atoms with Gasteiger partial charge < -0.3 is 11.1 Å². The van der Waals surface area contributed by atoms with E-state index in [4.69, 9.17) is 5.73 Å². The third-order valence-electron chi connectivity index (χ3n) is 3.10. The highest BCUT2D eigenvalue weighted by Crippen LogP contribution is 2.38. The Hall–Kier alpha value is -0.860. The van der Waals surface area contributed by atoms with Gasteiger partial charge in [0.1, 0.15) is 5.00 Å². The highest BCUT2D eigenvalue weighted by molar-refractivity contribution is 7.89. The van der Waals surface area contributed by atoms with Gasteiger partial charge in [-0.05, 0) is 37.2 Å². The predicted molar refractivity (Wildman–Crippen MR) is 73.2 cm³/mol. The van der Waals surface area contributed by atoms with E-state index >= 15 is 0 Å².